The quantitative estimate of drug-likeness (QED) is 0.915. The summed E-state index contributed by atoms with van der Waals surface area (Å²) in [5.74, 6) is -0.873. The van der Waals surface area contributed by atoms with Crippen LogP contribution in [0.5, 0.6) is 0 Å². The van der Waals surface area contributed by atoms with Crippen molar-refractivity contribution in [2.24, 2.45) is 5.92 Å². The van der Waals surface area contributed by atoms with Gasteiger partial charge in [-0.25, -0.2) is 0 Å². The van der Waals surface area contributed by atoms with Gasteiger partial charge in [-0.05, 0) is 37.1 Å². The zero-order chi connectivity index (χ0) is 14.1. The van der Waals surface area contributed by atoms with Crippen molar-refractivity contribution in [1.29, 1.82) is 0 Å². The number of carbonyl (C=O) groups is 1. The highest BCUT2D eigenvalue weighted by atomic mass is 79.9. The van der Waals surface area contributed by atoms with Crippen molar-refractivity contribution in [1.82, 2.24) is 4.98 Å². The minimum Gasteiger partial charge on any atom is -0.481 e. The van der Waals surface area contributed by atoms with Crippen molar-refractivity contribution in [2.45, 2.75) is 12.8 Å². The second-order valence-corrected chi connectivity index (χ2v) is 6.01. The summed E-state index contributed by atoms with van der Waals surface area (Å²) >= 11 is 3.46. The number of piperidine rings is 1. The number of nitrogens with zero attached hydrogens (tertiary/aromatic N) is 2. The number of carboxylic acid groups (broad SMARTS) is 1. The van der Waals surface area contributed by atoms with Crippen LogP contribution in [0.3, 0.4) is 0 Å². The number of carboxylic acids is 1. The Kier molecular flexibility index (Phi) is 3.61. The van der Waals surface area contributed by atoms with E-state index in [0.29, 0.717) is 12.8 Å². The maximum atomic E-state index is 11.0. The molecule has 1 saturated heterocycles. The van der Waals surface area contributed by atoms with Gasteiger partial charge < -0.3 is 10.0 Å². The molecule has 3 rings (SSSR count). The smallest absolute Gasteiger partial charge is 0.306 e. The van der Waals surface area contributed by atoms with E-state index in [2.05, 4.69) is 31.9 Å². The fraction of sp³-hybridized carbons (Fsp3) is 0.333. The summed E-state index contributed by atoms with van der Waals surface area (Å²) in [5.41, 5.74) is 2.10. The van der Waals surface area contributed by atoms with Gasteiger partial charge >= 0.3 is 5.97 Å². The zero-order valence-electron chi connectivity index (χ0n) is 10.9. The SMILES string of the molecule is O=C(O)C1CCN(c2ccnc3cc(Br)ccc23)CC1. The molecule has 1 aliphatic rings. The van der Waals surface area contributed by atoms with Crippen molar-refractivity contribution in [3.8, 4) is 0 Å². The zero-order valence-corrected chi connectivity index (χ0v) is 12.5. The highest BCUT2D eigenvalue weighted by Crippen LogP contribution is 2.30. The topological polar surface area (TPSA) is 53.4 Å². The van der Waals surface area contributed by atoms with Crippen molar-refractivity contribution in [3.05, 3.63) is 34.9 Å². The number of aromatic nitrogens is 1. The molecule has 20 heavy (non-hydrogen) atoms. The molecule has 0 unspecified atom stereocenters. The van der Waals surface area contributed by atoms with Gasteiger partial charge in [-0.1, -0.05) is 15.9 Å². The van der Waals surface area contributed by atoms with Crippen LogP contribution in [-0.2, 0) is 4.79 Å². The molecule has 0 saturated carbocycles. The molecule has 1 fully saturated rings. The van der Waals surface area contributed by atoms with Crippen LogP contribution in [0.2, 0.25) is 0 Å². The van der Waals surface area contributed by atoms with Crippen molar-refractivity contribution in [3.63, 3.8) is 0 Å². The Morgan fingerprint density at radius 2 is 2.05 bits per heavy atom. The second-order valence-electron chi connectivity index (χ2n) is 5.09. The number of benzene rings is 1. The van der Waals surface area contributed by atoms with E-state index in [9.17, 15) is 4.79 Å². The molecular weight excluding hydrogens is 320 g/mol. The van der Waals surface area contributed by atoms with E-state index in [1.54, 1.807) is 0 Å². The third-order valence-electron chi connectivity index (χ3n) is 3.87. The summed E-state index contributed by atoms with van der Waals surface area (Å²) in [6, 6.07) is 8.09. The Hall–Kier alpha value is -1.62. The number of aliphatic carboxylic acids is 1. The number of hydrogen-bond acceptors (Lipinski definition) is 3. The molecule has 0 atom stereocenters. The monoisotopic (exact) mass is 334 g/mol. The van der Waals surface area contributed by atoms with Crippen LogP contribution in [-0.4, -0.2) is 29.1 Å². The van der Waals surface area contributed by atoms with Crippen molar-refractivity contribution < 1.29 is 9.90 Å². The summed E-state index contributed by atoms with van der Waals surface area (Å²) in [7, 11) is 0. The van der Waals surface area contributed by atoms with Crippen LogP contribution < -0.4 is 4.90 Å². The molecular formula is C15H15BrN2O2. The highest BCUT2D eigenvalue weighted by Gasteiger charge is 2.25. The molecule has 5 heteroatoms. The van der Waals surface area contributed by atoms with Gasteiger partial charge in [0.2, 0.25) is 0 Å². The van der Waals surface area contributed by atoms with Crippen molar-refractivity contribution in [2.75, 3.05) is 18.0 Å². The summed E-state index contributed by atoms with van der Waals surface area (Å²) in [6.45, 7) is 1.57. The van der Waals surface area contributed by atoms with E-state index in [-0.39, 0.29) is 5.92 Å². The number of pyridine rings is 1. The lowest BCUT2D eigenvalue weighted by Crippen LogP contribution is -2.36. The van der Waals surface area contributed by atoms with E-state index < -0.39 is 5.97 Å². The second kappa shape index (κ2) is 5.40. The number of halogens is 1. The fourth-order valence-electron chi connectivity index (χ4n) is 2.75. The fourth-order valence-corrected chi connectivity index (χ4v) is 3.10. The maximum Gasteiger partial charge on any atom is 0.306 e. The lowest BCUT2D eigenvalue weighted by Gasteiger charge is -2.32. The van der Waals surface area contributed by atoms with Gasteiger partial charge in [0.1, 0.15) is 0 Å². The predicted molar refractivity (Wildman–Crippen MR) is 82.0 cm³/mol. The molecule has 0 bridgehead atoms. The minimum atomic E-state index is -0.673. The lowest BCUT2D eigenvalue weighted by molar-refractivity contribution is -0.142. The number of rotatable bonds is 2. The molecule has 4 nitrogen and oxygen atoms in total. The molecule has 2 heterocycles. The van der Waals surface area contributed by atoms with Crippen LogP contribution >= 0.6 is 15.9 Å². The Labute approximate surface area is 125 Å². The van der Waals surface area contributed by atoms with Crippen LogP contribution in [0.25, 0.3) is 10.9 Å². The third kappa shape index (κ3) is 2.50. The standard InChI is InChI=1S/C15H15BrN2O2/c16-11-1-2-12-13(9-11)17-6-3-14(12)18-7-4-10(5-8-18)15(19)20/h1-3,6,9-10H,4-5,7-8H2,(H,19,20). The number of hydrogen-bond donors (Lipinski definition) is 1. The van der Waals surface area contributed by atoms with Crippen LogP contribution in [0.1, 0.15) is 12.8 Å². The van der Waals surface area contributed by atoms with Gasteiger partial charge in [0, 0.05) is 34.8 Å². The Morgan fingerprint density at radius 1 is 1.30 bits per heavy atom. The molecule has 0 aliphatic carbocycles. The molecule has 2 aromatic rings. The maximum absolute atomic E-state index is 11.0. The first-order valence-electron chi connectivity index (χ1n) is 6.67. The first-order valence-corrected chi connectivity index (χ1v) is 7.46. The predicted octanol–water partition coefficient (Wildman–Crippen LogP) is 3.30. The van der Waals surface area contributed by atoms with E-state index in [4.69, 9.17) is 5.11 Å². The largest absolute Gasteiger partial charge is 0.481 e. The molecule has 1 N–H and O–H groups in total. The number of fused-ring (bicyclic) bond motifs is 1. The average molecular weight is 335 g/mol. The Balaban J connectivity index is 1.90. The Bertz CT molecular complexity index is 651. The average Bonchev–Trinajstić information content (AvgIpc) is 2.46. The summed E-state index contributed by atoms with van der Waals surface area (Å²) < 4.78 is 1.01. The molecule has 0 radical (unpaired) electrons. The first kappa shape index (κ1) is 13.4. The summed E-state index contributed by atoms with van der Waals surface area (Å²) in [6.07, 6.45) is 3.22. The highest BCUT2D eigenvalue weighted by molar-refractivity contribution is 9.10. The third-order valence-corrected chi connectivity index (χ3v) is 4.36. The molecule has 1 aromatic carbocycles. The van der Waals surface area contributed by atoms with Crippen LogP contribution in [0.4, 0.5) is 5.69 Å². The van der Waals surface area contributed by atoms with Gasteiger partial charge in [-0.15, -0.1) is 0 Å². The lowest BCUT2D eigenvalue weighted by atomic mass is 9.96. The van der Waals surface area contributed by atoms with E-state index in [1.165, 1.54) is 0 Å². The van der Waals surface area contributed by atoms with Crippen molar-refractivity contribution >= 4 is 38.5 Å². The Morgan fingerprint density at radius 3 is 2.75 bits per heavy atom. The molecule has 1 aliphatic heterocycles. The first-order chi connectivity index (χ1) is 9.65. The van der Waals surface area contributed by atoms with Crippen LogP contribution in [0, 0.1) is 5.92 Å². The molecule has 0 amide bonds. The van der Waals surface area contributed by atoms with Gasteiger partial charge in [0.05, 0.1) is 11.4 Å². The summed E-state index contributed by atoms with van der Waals surface area (Å²) in [4.78, 5) is 17.7. The van der Waals surface area contributed by atoms with E-state index >= 15 is 0 Å². The normalized spacial score (nSPS) is 16.6. The molecule has 1 aromatic heterocycles. The minimum absolute atomic E-state index is 0.200. The molecule has 104 valence electrons. The van der Waals surface area contributed by atoms with Gasteiger partial charge in [0.15, 0.2) is 0 Å². The van der Waals surface area contributed by atoms with Gasteiger partial charge in [0.25, 0.3) is 0 Å². The van der Waals surface area contributed by atoms with E-state index in [1.807, 2.05) is 24.4 Å². The number of anilines is 1. The summed E-state index contributed by atoms with van der Waals surface area (Å²) in [5, 5.41) is 10.2. The van der Waals surface area contributed by atoms with E-state index in [0.717, 1.165) is 34.2 Å². The van der Waals surface area contributed by atoms with Gasteiger partial charge in [-0.3, -0.25) is 9.78 Å². The molecule has 0 spiro atoms. The van der Waals surface area contributed by atoms with Gasteiger partial charge in [-0.2, -0.15) is 0 Å². The van der Waals surface area contributed by atoms with Crippen LogP contribution in [0.15, 0.2) is 34.9 Å².